The predicted octanol–water partition coefficient (Wildman–Crippen LogP) is 2.80. The molecule has 0 aliphatic heterocycles. The summed E-state index contributed by atoms with van der Waals surface area (Å²) in [4.78, 5) is 20.8. The quantitative estimate of drug-likeness (QED) is 0.663. The minimum atomic E-state index is -1.31. The smallest absolute Gasteiger partial charge is 0.335 e. The van der Waals surface area contributed by atoms with E-state index in [9.17, 15) is 24.4 Å². The largest absolute Gasteiger partial charge is 0.502 e. The first kappa shape index (κ1) is 13.5. The lowest BCUT2D eigenvalue weighted by atomic mass is 10.0. The minimum absolute atomic E-state index is 0.172. The van der Waals surface area contributed by atoms with Crippen molar-refractivity contribution >= 4 is 11.7 Å². The molecule has 0 saturated carbocycles. The first-order chi connectivity index (χ1) is 9.38. The Hall–Kier alpha value is -2.96. The molecule has 6 nitrogen and oxygen atoms in total. The first-order valence-electron chi connectivity index (χ1n) is 5.40. The van der Waals surface area contributed by atoms with Crippen LogP contribution < -0.4 is 0 Å². The van der Waals surface area contributed by atoms with Crippen molar-refractivity contribution in [3.63, 3.8) is 0 Å². The van der Waals surface area contributed by atoms with E-state index in [4.69, 9.17) is 5.11 Å². The van der Waals surface area contributed by atoms with E-state index < -0.39 is 28.1 Å². The zero-order chi connectivity index (χ0) is 14.9. The Labute approximate surface area is 111 Å². The van der Waals surface area contributed by atoms with Crippen LogP contribution >= 0.6 is 0 Å². The molecular weight excluding hydrogens is 269 g/mol. The number of carbonyl (C=O) groups is 1. The minimum Gasteiger partial charge on any atom is -0.502 e. The van der Waals surface area contributed by atoms with Gasteiger partial charge in [0.05, 0.1) is 10.5 Å². The third-order valence-corrected chi connectivity index (χ3v) is 2.65. The molecule has 0 bridgehead atoms. The van der Waals surface area contributed by atoms with Gasteiger partial charge in [-0.05, 0) is 35.4 Å². The number of benzene rings is 2. The molecule has 0 aromatic heterocycles. The summed E-state index contributed by atoms with van der Waals surface area (Å²) in [6, 6.07) is 6.59. The number of aromatic hydroxyl groups is 1. The summed E-state index contributed by atoms with van der Waals surface area (Å²) in [6.07, 6.45) is 0. The number of carboxylic acid groups (broad SMARTS) is 1. The number of hydrogen-bond acceptors (Lipinski definition) is 4. The van der Waals surface area contributed by atoms with Crippen LogP contribution in [0.2, 0.25) is 0 Å². The van der Waals surface area contributed by atoms with E-state index in [1.807, 2.05) is 0 Å². The van der Waals surface area contributed by atoms with Crippen LogP contribution in [0.5, 0.6) is 5.75 Å². The number of phenolic OH excluding ortho intramolecular Hbond substituents is 1. The molecular formula is C13H8FNO5. The highest BCUT2D eigenvalue weighted by Crippen LogP contribution is 2.32. The Balaban J connectivity index is 2.59. The second kappa shape index (κ2) is 4.96. The maximum atomic E-state index is 13.4. The second-order valence-corrected chi connectivity index (χ2v) is 3.99. The second-order valence-electron chi connectivity index (χ2n) is 3.99. The van der Waals surface area contributed by atoms with Gasteiger partial charge in [-0.25, -0.2) is 9.18 Å². The van der Waals surface area contributed by atoms with Crippen LogP contribution in [0.1, 0.15) is 10.4 Å². The Morgan fingerprint density at radius 2 is 1.85 bits per heavy atom. The van der Waals surface area contributed by atoms with Gasteiger partial charge in [-0.2, -0.15) is 0 Å². The van der Waals surface area contributed by atoms with Crippen molar-refractivity contribution in [1.82, 2.24) is 0 Å². The van der Waals surface area contributed by atoms with Crippen molar-refractivity contribution in [2.24, 2.45) is 0 Å². The highest BCUT2D eigenvalue weighted by atomic mass is 19.1. The fraction of sp³-hybridized carbons (Fsp3) is 0. The van der Waals surface area contributed by atoms with E-state index in [-0.39, 0.29) is 16.7 Å². The van der Waals surface area contributed by atoms with Gasteiger partial charge in [-0.3, -0.25) is 10.1 Å². The number of phenols is 1. The number of carboxylic acids is 1. The van der Waals surface area contributed by atoms with Crippen molar-refractivity contribution in [2.45, 2.75) is 0 Å². The maximum absolute atomic E-state index is 13.4. The zero-order valence-electron chi connectivity index (χ0n) is 9.91. The summed E-state index contributed by atoms with van der Waals surface area (Å²) in [6.45, 7) is 0. The molecule has 0 radical (unpaired) electrons. The number of rotatable bonds is 3. The number of halogens is 1. The van der Waals surface area contributed by atoms with Crippen molar-refractivity contribution in [2.75, 3.05) is 0 Å². The Morgan fingerprint density at radius 3 is 2.45 bits per heavy atom. The lowest BCUT2D eigenvalue weighted by Crippen LogP contribution is -1.98. The van der Waals surface area contributed by atoms with Crippen LogP contribution in [0, 0.1) is 15.9 Å². The molecule has 2 aromatic rings. The average molecular weight is 277 g/mol. The molecule has 0 aliphatic carbocycles. The number of aromatic carboxylic acids is 1. The highest BCUT2D eigenvalue weighted by molar-refractivity contribution is 5.89. The SMILES string of the molecule is O=C(O)c1cc(F)cc(-c2ccc(O)c([N+](=O)[O-])c2)c1. The normalized spacial score (nSPS) is 10.2. The number of nitro groups is 1. The average Bonchev–Trinajstić information content (AvgIpc) is 2.38. The summed E-state index contributed by atoms with van der Waals surface area (Å²) < 4.78 is 13.4. The third-order valence-electron chi connectivity index (χ3n) is 2.65. The number of hydrogen-bond donors (Lipinski definition) is 2. The van der Waals surface area contributed by atoms with Gasteiger partial charge in [0.25, 0.3) is 0 Å². The lowest BCUT2D eigenvalue weighted by molar-refractivity contribution is -0.385. The van der Waals surface area contributed by atoms with E-state index >= 15 is 0 Å². The molecule has 0 aliphatic rings. The summed E-state index contributed by atoms with van der Waals surface area (Å²) in [5, 5.41) is 28.9. The van der Waals surface area contributed by atoms with Crippen LogP contribution in [-0.4, -0.2) is 21.1 Å². The Bertz CT molecular complexity index is 714. The molecule has 20 heavy (non-hydrogen) atoms. The van der Waals surface area contributed by atoms with Crippen molar-refractivity contribution in [3.8, 4) is 16.9 Å². The van der Waals surface area contributed by atoms with Crippen LogP contribution in [0.25, 0.3) is 11.1 Å². The summed E-state index contributed by atoms with van der Waals surface area (Å²) in [7, 11) is 0. The molecule has 2 N–H and O–H groups in total. The molecule has 0 saturated heterocycles. The van der Waals surface area contributed by atoms with Gasteiger partial charge in [-0.1, -0.05) is 6.07 Å². The topological polar surface area (TPSA) is 101 Å². The lowest BCUT2D eigenvalue weighted by Gasteiger charge is -2.05. The molecule has 0 unspecified atom stereocenters. The molecule has 0 fully saturated rings. The first-order valence-corrected chi connectivity index (χ1v) is 5.40. The number of nitrogens with zero attached hydrogens (tertiary/aromatic N) is 1. The molecule has 102 valence electrons. The maximum Gasteiger partial charge on any atom is 0.335 e. The van der Waals surface area contributed by atoms with Gasteiger partial charge in [0, 0.05) is 6.07 Å². The van der Waals surface area contributed by atoms with Gasteiger partial charge >= 0.3 is 11.7 Å². The van der Waals surface area contributed by atoms with Crippen LogP contribution in [0.15, 0.2) is 36.4 Å². The van der Waals surface area contributed by atoms with Crippen molar-refractivity contribution < 1.29 is 24.3 Å². The van der Waals surface area contributed by atoms with E-state index in [0.717, 1.165) is 24.3 Å². The molecule has 0 amide bonds. The molecule has 0 atom stereocenters. The van der Waals surface area contributed by atoms with E-state index in [1.54, 1.807) is 0 Å². The molecule has 2 aromatic carbocycles. The van der Waals surface area contributed by atoms with Crippen LogP contribution in [0.3, 0.4) is 0 Å². The van der Waals surface area contributed by atoms with Gasteiger partial charge in [0.15, 0.2) is 5.75 Å². The van der Waals surface area contributed by atoms with Gasteiger partial charge in [-0.15, -0.1) is 0 Å². The summed E-state index contributed by atoms with van der Waals surface area (Å²) >= 11 is 0. The van der Waals surface area contributed by atoms with Crippen LogP contribution in [-0.2, 0) is 0 Å². The molecule has 2 rings (SSSR count). The van der Waals surface area contributed by atoms with E-state index in [2.05, 4.69) is 0 Å². The third kappa shape index (κ3) is 2.56. The molecule has 0 spiro atoms. The Kier molecular flexibility index (Phi) is 3.34. The molecule has 0 heterocycles. The fourth-order valence-electron chi connectivity index (χ4n) is 1.73. The van der Waals surface area contributed by atoms with E-state index in [0.29, 0.717) is 0 Å². The van der Waals surface area contributed by atoms with E-state index in [1.165, 1.54) is 12.1 Å². The summed E-state index contributed by atoms with van der Waals surface area (Å²) in [5.74, 6) is -2.59. The van der Waals surface area contributed by atoms with Crippen molar-refractivity contribution in [3.05, 3.63) is 57.9 Å². The van der Waals surface area contributed by atoms with Gasteiger partial charge in [0.2, 0.25) is 0 Å². The summed E-state index contributed by atoms with van der Waals surface area (Å²) in [5.41, 5.74) is -0.402. The zero-order valence-corrected chi connectivity index (χ0v) is 9.91. The monoisotopic (exact) mass is 277 g/mol. The fourth-order valence-corrected chi connectivity index (χ4v) is 1.73. The predicted molar refractivity (Wildman–Crippen MR) is 67.1 cm³/mol. The highest BCUT2D eigenvalue weighted by Gasteiger charge is 2.15. The standard InChI is InChI=1S/C13H8FNO5/c14-10-4-8(3-9(5-10)13(17)18)7-1-2-12(16)11(6-7)15(19)20/h1-6,16H,(H,17,18). The van der Waals surface area contributed by atoms with Crippen molar-refractivity contribution in [1.29, 1.82) is 0 Å². The number of nitro benzene ring substituents is 1. The van der Waals surface area contributed by atoms with Crippen LogP contribution in [0.4, 0.5) is 10.1 Å². The van der Waals surface area contributed by atoms with Gasteiger partial charge < -0.3 is 10.2 Å². The van der Waals surface area contributed by atoms with Gasteiger partial charge in [0.1, 0.15) is 5.82 Å². The molecule has 7 heteroatoms. The Morgan fingerprint density at radius 1 is 1.15 bits per heavy atom.